The molecular formula is C16H23N5O. The molecule has 1 aliphatic carbocycles. The summed E-state index contributed by atoms with van der Waals surface area (Å²) in [6.07, 6.45) is 2.91. The predicted octanol–water partition coefficient (Wildman–Crippen LogP) is 2.12. The molecule has 2 heterocycles. The summed E-state index contributed by atoms with van der Waals surface area (Å²) in [6, 6.07) is 2.06. The van der Waals surface area contributed by atoms with Crippen LogP contribution in [-0.4, -0.2) is 25.9 Å². The van der Waals surface area contributed by atoms with Gasteiger partial charge >= 0.3 is 0 Å². The summed E-state index contributed by atoms with van der Waals surface area (Å²) in [6.45, 7) is 7.22. The summed E-state index contributed by atoms with van der Waals surface area (Å²) in [5.74, 6) is 0.669. The zero-order valence-electron chi connectivity index (χ0n) is 13.4. The number of aromatic nitrogens is 4. The van der Waals surface area contributed by atoms with Gasteiger partial charge in [-0.3, -0.25) is 14.6 Å². The minimum absolute atomic E-state index is 0.0350. The molecule has 1 aliphatic rings. The summed E-state index contributed by atoms with van der Waals surface area (Å²) >= 11 is 0. The number of H-pyrrole nitrogens is 1. The third-order valence-corrected chi connectivity index (χ3v) is 4.42. The first kappa shape index (κ1) is 14.8. The van der Waals surface area contributed by atoms with Crippen LogP contribution in [0.2, 0.25) is 0 Å². The quantitative estimate of drug-likeness (QED) is 0.858. The van der Waals surface area contributed by atoms with Crippen molar-refractivity contribution in [3.63, 3.8) is 0 Å². The topological polar surface area (TPSA) is 75.6 Å². The van der Waals surface area contributed by atoms with Gasteiger partial charge in [0.15, 0.2) is 0 Å². The number of nitrogens with zero attached hydrogens (tertiary/aromatic N) is 3. The molecule has 3 rings (SSSR count). The van der Waals surface area contributed by atoms with Crippen LogP contribution in [0, 0.1) is 20.8 Å². The number of aryl methyl sites for hydroxylation is 2. The summed E-state index contributed by atoms with van der Waals surface area (Å²) in [5, 5.41) is 14.7. The number of hydrogen-bond donors (Lipinski definition) is 2. The van der Waals surface area contributed by atoms with E-state index < -0.39 is 0 Å². The van der Waals surface area contributed by atoms with Crippen LogP contribution in [-0.2, 0) is 17.9 Å². The van der Waals surface area contributed by atoms with Crippen LogP contribution in [0.15, 0.2) is 6.07 Å². The van der Waals surface area contributed by atoms with Crippen molar-refractivity contribution in [2.75, 3.05) is 0 Å². The van der Waals surface area contributed by atoms with Crippen molar-refractivity contribution in [1.82, 2.24) is 25.3 Å². The molecule has 2 N–H and O–H groups in total. The minimum Gasteiger partial charge on any atom is -0.350 e. The van der Waals surface area contributed by atoms with E-state index in [4.69, 9.17) is 0 Å². The fraction of sp³-hybridized carbons (Fsp3) is 0.562. The Morgan fingerprint density at radius 2 is 2.18 bits per heavy atom. The van der Waals surface area contributed by atoms with Crippen molar-refractivity contribution in [3.05, 3.63) is 34.4 Å². The summed E-state index contributed by atoms with van der Waals surface area (Å²) in [7, 11) is 0. The molecule has 22 heavy (non-hydrogen) atoms. The van der Waals surface area contributed by atoms with Crippen LogP contribution in [0.4, 0.5) is 0 Å². The van der Waals surface area contributed by atoms with Crippen molar-refractivity contribution in [1.29, 1.82) is 0 Å². The number of amides is 1. The van der Waals surface area contributed by atoms with Crippen LogP contribution < -0.4 is 5.32 Å². The highest BCUT2D eigenvalue weighted by molar-refractivity contribution is 5.75. The van der Waals surface area contributed by atoms with E-state index in [-0.39, 0.29) is 5.91 Å². The van der Waals surface area contributed by atoms with Gasteiger partial charge in [0.1, 0.15) is 0 Å². The van der Waals surface area contributed by atoms with Gasteiger partial charge in [-0.15, -0.1) is 0 Å². The molecule has 0 saturated heterocycles. The molecule has 1 amide bonds. The summed E-state index contributed by atoms with van der Waals surface area (Å²) in [4.78, 5) is 12.0. The van der Waals surface area contributed by atoms with Crippen LogP contribution >= 0.6 is 0 Å². The maximum atomic E-state index is 12.0. The van der Waals surface area contributed by atoms with Crippen molar-refractivity contribution < 1.29 is 4.79 Å². The Balaban J connectivity index is 1.46. The largest absolute Gasteiger partial charge is 0.350 e. The lowest BCUT2D eigenvalue weighted by Crippen LogP contribution is -2.24. The van der Waals surface area contributed by atoms with E-state index in [1.165, 1.54) is 18.4 Å². The molecule has 1 saturated carbocycles. The molecule has 0 bridgehead atoms. The zero-order valence-corrected chi connectivity index (χ0v) is 13.4. The first-order valence-electron chi connectivity index (χ1n) is 7.86. The van der Waals surface area contributed by atoms with E-state index in [9.17, 15) is 4.79 Å². The second-order valence-corrected chi connectivity index (χ2v) is 6.14. The summed E-state index contributed by atoms with van der Waals surface area (Å²) < 4.78 is 1.91. The standard InChI is InChI=1S/C16H23N5O/c1-10-11(2)20-21(12(10)3)7-6-16(22)17-9-14-8-15(19-18-14)13-4-5-13/h8,13H,4-7,9H2,1-3H3,(H,17,22)(H,18,19). The first-order valence-corrected chi connectivity index (χ1v) is 7.86. The second-order valence-electron chi connectivity index (χ2n) is 6.14. The maximum absolute atomic E-state index is 12.0. The van der Waals surface area contributed by atoms with Gasteiger partial charge in [0.25, 0.3) is 0 Å². The molecule has 6 nitrogen and oxygen atoms in total. The molecule has 0 aromatic carbocycles. The van der Waals surface area contributed by atoms with Crippen LogP contribution in [0.25, 0.3) is 0 Å². The highest BCUT2D eigenvalue weighted by atomic mass is 16.1. The third kappa shape index (κ3) is 3.21. The van der Waals surface area contributed by atoms with Crippen molar-refractivity contribution in [2.45, 2.75) is 59.0 Å². The molecular weight excluding hydrogens is 278 g/mol. The number of carbonyl (C=O) groups is 1. The average molecular weight is 301 g/mol. The first-order chi connectivity index (χ1) is 10.5. The van der Waals surface area contributed by atoms with Crippen molar-refractivity contribution in [3.8, 4) is 0 Å². The fourth-order valence-electron chi connectivity index (χ4n) is 2.55. The SMILES string of the molecule is Cc1nn(CCC(=O)NCc2cc(C3CC3)n[nH]2)c(C)c1C. The number of aromatic amines is 1. The highest BCUT2D eigenvalue weighted by Gasteiger charge is 2.26. The van der Waals surface area contributed by atoms with E-state index in [1.807, 2.05) is 18.5 Å². The van der Waals surface area contributed by atoms with Crippen LogP contribution in [0.3, 0.4) is 0 Å². The van der Waals surface area contributed by atoms with Gasteiger partial charge in [0.05, 0.1) is 23.6 Å². The lowest BCUT2D eigenvalue weighted by molar-refractivity contribution is -0.121. The minimum atomic E-state index is 0.0350. The number of nitrogens with one attached hydrogen (secondary N) is 2. The Labute approximate surface area is 130 Å². The lowest BCUT2D eigenvalue weighted by Gasteiger charge is -2.06. The van der Waals surface area contributed by atoms with E-state index in [2.05, 4.69) is 33.6 Å². The van der Waals surface area contributed by atoms with Crippen LogP contribution in [0.5, 0.6) is 0 Å². The Bertz CT molecular complexity index is 681. The molecule has 0 radical (unpaired) electrons. The maximum Gasteiger partial charge on any atom is 0.222 e. The van der Waals surface area contributed by atoms with Crippen molar-refractivity contribution >= 4 is 5.91 Å². The molecule has 6 heteroatoms. The van der Waals surface area contributed by atoms with Crippen LogP contribution in [0.1, 0.15) is 53.5 Å². The van der Waals surface area contributed by atoms with Gasteiger partial charge in [0, 0.05) is 24.6 Å². The molecule has 0 unspecified atom stereocenters. The smallest absolute Gasteiger partial charge is 0.222 e. The predicted molar refractivity (Wildman–Crippen MR) is 83.5 cm³/mol. The third-order valence-electron chi connectivity index (χ3n) is 4.42. The lowest BCUT2D eigenvalue weighted by atomic mass is 10.2. The molecule has 118 valence electrons. The second kappa shape index (κ2) is 5.94. The summed E-state index contributed by atoms with van der Waals surface area (Å²) in [5.41, 5.74) is 5.46. The van der Waals surface area contributed by atoms with E-state index in [1.54, 1.807) is 0 Å². The molecule has 0 spiro atoms. The van der Waals surface area contributed by atoms with E-state index in [0.29, 0.717) is 25.4 Å². The van der Waals surface area contributed by atoms with E-state index in [0.717, 1.165) is 22.8 Å². The fourth-order valence-corrected chi connectivity index (χ4v) is 2.55. The molecule has 0 atom stereocenters. The van der Waals surface area contributed by atoms with Gasteiger partial charge in [-0.05, 0) is 45.2 Å². The number of rotatable bonds is 6. The molecule has 1 fully saturated rings. The zero-order chi connectivity index (χ0) is 15.7. The normalized spacial score (nSPS) is 14.3. The monoisotopic (exact) mass is 301 g/mol. The van der Waals surface area contributed by atoms with E-state index >= 15 is 0 Å². The number of carbonyl (C=O) groups excluding carboxylic acids is 1. The van der Waals surface area contributed by atoms with Gasteiger partial charge in [-0.1, -0.05) is 0 Å². The van der Waals surface area contributed by atoms with Gasteiger partial charge in [-0.2, -0.15) is 10.2 Å². The molecule has 2 aromatic rings. The Hall–Kier alpha value is -2.11. The van der Waals surface area contributed by atoms with Gasteiger partial charge in [-0.25, -0.2) is 0 Å². The number of hydrogen-bond acceptors (Lipinski definition) is 3. The highest BCUT2D eigenvalue weighted by Crippen LogP contribution is 2.38. The molecule has 2 aromatic heterocycles. The van der Waals surface area contributed by atoms with Gasteiger partial charge in [0.2, 0.25) is 5.91 Å². The Morgan fingerprint density at radius 3 is 2.82 bits per heavy atom. The average Bonchev–Trinajstić information content (AvgIpc) is 3.20. The van der Waals surface area contributed by atoms with Crippen molar-refractivity contribution in [2.24, 2.45) is 0 Å². The molecule has 0 aliphatic heterocycles. The Kier molecular flexibility index (Phi) is 4.00. The Morgan fingerprint density at radius 1 is 1.41 bits per heavy atom. The van der Waals surface area contributed by atoms with Gasteiger partial charge < -0.3 is 5.32 Å².